The van der Waals surface area contributed by atoms with E-state index in [4.69, 9.17) is 4.74 Å². The molecule has 0 bridgehead atoms. The number of carbonyl (C=O) groups is 1. The van der Waals surface area contributed by atoms with Gasteiger partial charge in [0.2, 0.25) is 0 Å². The average Bonchev–Trinajstić information content (AvgIpc) is 3.36. The lowest BCUT2D eigenvalue weighted by atomic mass is 9.90. The monoisotopic (exact) mass is 453 g/mol. The predicted molar refractivity (Wildman–Crippen MR) is 135 cm³/mol. The maximum atomic E-state index is 13.1. The van der Waals surface area contributed by atoms with Gasteiger partial charge in [-0.3, -0.25) is 4.79 Å². The first-order chi connectivity index (χ1) is 16.2. The Balaban J connectivity index is 1.18. The number of carbonyl (C=O) groups excluding carboxylic acids is 1. The summed E-state index contributed by atoms with van der Waals surface area (Å²) in [6.45, 7) is 1.68. The second-order valence-electron chi connectivity index (χ2n) is 8.53. The molecule has 0 atom stereocenters. The fourth-order valence-corrected chi connectivity index (χ4v) is 5.34. The number of likely N-dealkylation sites (tertiary alicyclic amines) is 1. The first-order valence-electron chi connectivity index (χ1n) is 11.5. The number of nitrogens with zero attached hydrogens (tertiary/aromatic N) is 1. The van der Waals surface area contributed by atoms with Gasteiger partial charge in [-0.2, -0.15) is 0 Å². The van der Waals surface area contributed by atoms with Crippen LogP contribution in [0.15, 0.2) is 97.1 Å². The third kappa shape index (κ3) is 5.35. The molecule has 4 heteroatoms. The third-order valence-electron chi connectivity index (χ3n) is 6.20. The van der Waals surface area contributed by atoms with E-state index in [-0.39, 0.29) is 5.91 Å². The van der Waals surface area contributed by atoms with Crippen molar-refractivity contribution in [3.05, 3.63) is 108 Å². The Hall–Kier alpha value is -3.37. The normalized spacial score (nSPS) is 14.2. The summed E-state index contributed by atoms with van der Waals surface area (Å²) >= 11 is 1.57. The summed E-state index contributed by atoms with van der Waals surface area (Å²) in [5.74, 6) is 2.44. The van der Waals surface area contributed by atoms with E-state index in [2.05, 4.69) is 30.3 Å². The number of piperidine rings is 1. The topological polar surface area (TPSA) is 29.5 Å². The minimum atomic E-state index is 0.161. The molecule has 0 N–H and O–H groups in total. The maximum Gasteiger partial charge on any atom is 0.263 e. The van der Waals surface area contributed by atoms with Crippen LogP contribution in [0.4, 0.5) is 0 Å². The van der Waals surface area contributed by atoms with Crippen molar-refractivity contribution in [1.82, 2.24) is 4.90 Å². The number of ether oxygens (including phenoxy) is 1. The summed E-state index contributed by atoms with van der Waals surface area (Å²) in [7, 11) is 0. The van der Waals surface area contributed by atoms with E-state index < -0.39 is 0 Å². The van der Waals surface area contributed by atoms with E-state index in [1.807, 2.05) is 71.6 Å². The Kier molecular flexibility index (Phi) is 6.54. The van der Waals surface area contributed by atoms with Crippen LogP contribution in [0.1, 0.15) is 28.1 Å². The summed E-state index contributed by atoms with van der Waals surface area (Å²) in [6, 6.07) is 32.5. The Labute approximate surface area is 199 Å². The Morgan fingerprint density at radius 2 is 1.42 bits per heavy atom. The number of hydrogen-bond donors (Lipinski definition) is 0. The molecule has 0 radical (unpaired) electrons. The van der Waals surface area contributed by atoms with Crippen LogP contribution in [-0.4, -0.2) is 23.9 Å². The van der Waals surface area contributed by atoms with Gasteiger partial charge in [-0.1, -0.05) is 48.5 Å². The maximum absolute atomic E-state index is 13.1. The molecule has 3 aromatic carbocycles. The molecule has 1 aliphatic rings. The fourth-order valence-electron chi connectivity index (χ4n) is 4.36. The summed E-state index contributed by atoms with van der Waals surface area (Å²) in [5.41, 5.74) is 2.49. The van der Waals surface area contributed by atoms with Gasteiger partial charge < -0.3 is 9.64 Å². The number of thiophene rings is 1. The van der Waals surface area contributed by atoms with Crippen molar-refractivity contribution in [2.24, 2.45) is 5.92 Å². The Bertz CT molecular complexity index is 1180. The highest BCUT2D eigenvalue weighted by atomic mass is 32.1. The van der Waals surface area contributed by atoms with Crippen LogP contribution >= 0.6 is 11.3 Å². The number of hydrogen-bond acceptors (Lipinski definition) is 3. The second kappa shape index (κ2) is 10.1. The molecule has 1 amide bonds. The number of rotatable bonds is 6. The molecule has 1 fully saturated rings. The van der Waals surface area contributed by atoms with Crippen LogP contribution in [0.25, 0.3) is 10.4 Å². The molecule has 166 valence electrons. The van der Waals surface area contributed by atoms with Crippen molar-refractivity contribution >= 4 is 17.2 Å². The molecule has 0 spiro atoms. The second-order valence-corrected chi connectivity index (χ2v) is 9.61. The lowest BCUT2D eigenvalue weighted by Crippen LogP contribution is -2.38. The van der Waals surface area contributed by atoms with Crippen LogP contribution in [0.3, 0.4) is 0 Å². The van der Waals surface area contributed by atoms with Gasteiger partial charge in [-0.15, -0.1) is 11.3 Å². The van der Waals surface area contributed by atoms with Crippen LogP contribution in [0.2, 0.25) is 0 Å². The largest absolute Gasteiger partial charge is 0.457 e. The van der Waals surface area contributed by atoms with Gasteiger partial charge in [-0.05, 0) is 84.8 Å². The van der Waals surface area contributed by atoms with E-state index in [0.717, 1.165) is 59.2 Å². The highest BCUT2D eigenvalue weighted by molar-refractivity contribution is 7.17. The molecule has 2 heterocycles. The number of benzene rings is 3. The zero-order valence-electron chi connectivity index (χ0n) is 18.5. The van der Waals surface area contributed by atoms with Crippen molar-refractivity contribution in [1.29, 1.82) is 0 Å². The molecular formula is C29H27NO2S. The summed E-state index contributed by atoms with van der Waals surface area (Å²) in [5, 5.41) is 0. The molecule has 1 aromatic heterocycles. The minimum Gasteiger partial charge on any atom is -0.457 e. The zero-order chi connectivity index (χ0) is 22.5. The van der Waals surface area contributed by atoms with Crippen molar-refractivity contribution in [3.8, 4) is 21.9 Å². The highest BCUT2D eigenvalue weighted by Gasteiger charge is 2.24. The molecule has 4 aromatic rings. The average molecular weight is 454 g/mol. The molecular weight excluding hydrogens is 426 g/mol. The van der Waals surface area contributed by atoms with Crippen LogP contribution in [0, 0.1) is 5.92 Å². The SMILES string of the molecule is O=C(c1ccc(-c2ccc(Oc3ccccc3)cc2)s1)N1CCC(Cc2ccccc2)CC1. The van der Waals surface area contributed by atoms with Gasteiger partial charge >= 0.3 is 0 Å². The lowest BCUT2D eigenvalue weighted by molar-refractivity contribution is 0.0695. The van der Waals surface area contributed by atoms with Gasteiger partial charge in [0.15, 0.2) is 0 Å². The van der Waals surface area contributed by atoms with Crippen LogP contribution < -0.4 is 4.74 Å². The van der Waals surface area contributed by atoms with Gasteiger partial charge in [0.25, 0.3) is 5.91 Å². The smallest absolute Gasteiger partial charge is 0.263 e. The van der Waals surface area contributed by atoms with Crippen LogP contribution in [0.5, 0.6) is 11.5 Å². The predicted octanol–water partition coefficient (Wildman–Crippen LogP) is 7.30. The van der Waals surface area contributed by atoms with E-state index in [1.54, 1.807) is 11.3 Å². The summed E-state index contributed by atoms with van der Waals surface area (Å²) < 4.78 is 5.88. The van der Waals surface area contributed by atoms with E-state index in [0.29, 0.717) is 5.92 Å². The minimum absolute atomic E-state index is 0.161. The first-order valence-corrected chi connectivity index (χ1v) is 12.3. The Morgan fingerprint density at radius 1 is 0.788 bits per heavy atom. The molecule has 1 saturated heterocycles. The van der Waals surface area contributed by atoms with E-state index in [9.17, 15) is 4.79 Å². The van der Waals surface area contributed by atoms with E-state index >= 15 is 0 Å². The van der Waals surface area contributed by atoms with Gasteiger partial charge in [0.05, 0.1) is 4.88 Å². The van der Waals surface area contributed by atoms with Crippen molar-refractivity contribution in [2.45, 2.75) is 19.3 Å². The zero-order valence-corrected chi connectivity index (χ0v) is 19.3. The van der Waals surface area contributed by atoms with Gasteiger partial charge in [0.1, 0.15) is 11.5 Å². The molecule has 0 saturated carbocycles. The van der Waals surface area contributed by atoms with E-state index in [1.165, 1.54) is 5.56 Å². The number of amides is 1. The van der Waals surface area contributed by atoms with Gasteiger partial charge in [0, 0.05) is 18.0 Å². The molecule has 1 aliphatic heterocycles. The standard InChI is InChI=1S/C29H27NO2S/c31-29(30-19-17-23(18-20-30)21-22-7-3-1-4-8-22)28-16-15-27(33-28)24-11-13-26(14-12-24)32-25-9-5-2-6-10-25/h1-16,23H,17-21H2. The quantitative estimate of drug-likeness (QED) is 0.306. The van der Waals surface area contributed by atoms with Crippen molar-refractivity contribution in [3.63, 3.8) is 0 Å². The molecule has 0 aliphatic carbocycles. The molecule has 3 nitrogen and oxygen atoms in total. The first kappa shape index (κ1) is 21.5. The molecule has 5 rings (SSSR count). The fraction of sp³-hybridized carbons (Fsp3) is 0.207. The Morgan fingerprint density at radius 3 is 2.12 bits per heavy atom. The van der Waals surface area contributed by atoms with Crippen molar-refractivity contribution in [2.75, 3.05) is 13.1 Å². The van der Waals surface area contributed by atoms with Gasteiger partial charge in [-0.25, -0.2) is 0 Å². The van der Waals surface area contributed by atoms with Crippen LogP contribution in [-0.2, 0) is 6.42 Å². The lowest BCUT2D eigenvalue weighted by Gasteiger charge is -2.31. The third-order valence-corrected chi connectivity index (χ3v) is 7.33. The number of para-hydroxylation sites is 1. The summed E-state index contributed by atoms with van der Waals surface area (Å²) in [6.07, 6.45) is 3.25. The van der Waals surface area contributed by atoms with Crippen molar-refractivity contribution < 1.29 is 9.53 Å². The molecule has 33 heavy (non-hydrogen) atoms. The molecule has 0 unspecified atom stereocenters. The highest BCUT2D eigenvalue weighted by Crippen LogP contribution is 2.32. The summed E-state index contributed by atoms with van der Waals surface area (Å²) in [4.78, 5) is 17.0.